The Morgan fingerprint density at radius 3 is 2.79 bits per heavy atom. The predicted octanol–water partition coefficient (Wildman–Crippen LogP) is 2.71. The van der Waals surface area contributed by atoms with Crippen molar-refractivity contribution in [2.24, 2.45) is 0 Å². The van der Waals surface area contributed by atoms with E-state index in [0.717, 1.165) is 22.1 Å². The number of rotatable bonds is 5. The van der Waals surface area contributed by atoms with Crippen molar-refractivity contribution < 1.29 is 9.90 Å². The molecule has 0 aromatic carbocycles. The van der Waals surface area contributed by atoms with Crippen LogP contribution in [0.4, 0.5) is 0 Å². The molecule has 1 aromatic rings. The molecular formula is C14H18N2O2S. The molecule has 19 heavy (non-hydrogen) atoms. The minimum atomic E-state index is -0.892. The first-order chi connectivity index (χ1) is 9.22. The Morgan fingerprint density at radius 2 is 2.16 bits per heavy atom. The number of hydrogen-bond acceptors (Lipinski definition) is 4. The van der Waals surface area contributed by atoms with E-state index in [4.69, 9.17) is 10.1 Å². The molecule has 2 aliphatic rings. The fraction of sp³-hybridized carbons (Fsp3) is 0.571. The summed E-state index contributed by atoms with van der Waals surface area (Å²) in [5.74, 6) is -0.326. The number of hydrogen-bond donors (Lipinski definition) is 1. The van der Waals surface area contributed by atoms with Crippen LogP contribution in [0.2, 0.25) is 0 Å². The molecule has 5 heteroatoms. The zero-order chi connectivity index (χ0) is 13.2. The smallest absolute Gasteiger partial charge is 0.328 e. The summed E-state index contributed by atoms with van der Waals surface area (Å²) in [5, 5.41) is 9.88. The minimum Gasteiger partial charge on any atom is -0.478 e. The van der Waals surface area contributed by atoms with Crippen molar-refractivity contribution in [3.8, 4) is 0 Å². The van der Waals surface area contributed by atoms with Gasteiger partial charge in [0.1, 0.15) is 5.01 Å². The van der Waals surface area contributed by atoms with Crippen LogP contribution in [0.25, 0.3) is 6.08 Å². The molecule has 0 bridgehead atoms. The Hall–Kier alpha value is -1.20. The van der Waals surface area contributed by atoms with Gasteiger partial charge in [-0.2, -0.15) is 0 Å². The number of aromatic nitrogens is 1. The summed E-state index contributed by atoms with van der Waals surface area (Å²) >= 11 is 1.65. The first-order valence-corrected chi connectivity index (χ1v) is 7.67. The third-order valence-corrected chi connectivity index (χ3v) is 4.65. The van der Waals surface area contributed by atoms with Crippen molar-refractivity contribution in [3.63, 3.8) is 0 Å². The highest BCUT2D eigenvalue weighted by Crippen LogP contribution is 2.43. The van der Waals surface area contributed by atoms with Crippen LogP contribution in [0.1, 0.15) is 47.2 Å². The highest BCUT2D eigenvalue weighted by Gasteiger charge is 2.29. The second kappa shape index (κ2) is 5.43. The maximum Gasteiger partial charge on any atom is 0.328 e. The Labute approximate surface area is 116 Å². The van der Waals surface area contributed by atoms with Crippen LogP contribution in [0.5, 0.6) is 0 Å². The van der Waals surface area contributed by atoms with Gasteiger partial charge in [-0.3, -0.25) is 4.90 Å². The SMILES string of the molecule is O=C(O)/C=C/c1sc(CN2CCCC2)nc1C1CC1. The topological polar surface area (TPSA) is 53.4 Å². The number of carboxylic acid groups (broad SMARTS) is 1. The molecule has 0 unspecified atom stereocenters. The molecule has 2 heterocycles. The van der Waals surface area contributed by atoms with E-state index in [0.29, 0.717) is 5.92 Å². The van der Waals surface area contributed by atoms with Gasteiger partial charge in [-0.1, -0.05) is 0 Å². The maximum atomic E-state index is 10.6. The molecule has 1 aliphatic carbocycles. The molecule has 3 rings (SSSR count). The van der Waals surface area contributed by atoms with Crippen molar-refractivity contribution >= 4 is 23.4 Å². The predicted molar refractivity (Wildman–Crippen MR) is 75.3 cm³/mol. The van der Waals surface area contributed by atoms with E-state index in [-0.39, 0.29) is 0 Å². The van der Waals surface area contributed by atoms with E-state index in [1.54, 1.807) is 17.4 Å². The zero-order valence-electron chi connectivity index (χ0n) is 10.8. The van der Waals surface area contributed by atoms with Crippen molar-refractivity contribution in [1.29, 1.82) is 0 Å². The summed E-state index contributed by atoms with van der Waals surface area (Å²) in [6.07, 6.45) is 7.89. The van der Waals surface area contributed by atoms with Crippen LogP contribution < -0.4 is 0 Å². The van der Waals surface area contributed by atoms with Crippen LogP contribution in [0.3, 0.4) is 0 Å². The summed E-state index contributed by atoms with van der Waals surface area (Å²) in [5.41, 5.74) is 1.12. The summed E-state index contributed by atoms with van der Waals surface area (Å²) < 4.78 is 0. The Kier molecular flexibility index (Phi) is 3.66. The lowest BCUT2D eigenvalue weighted by molar-refractivity contribution is -0.131. The monoisotopic (exact) mass is 278 g/mol. The average molecular weight is 278 g/mol. The van der Waals surface area contributed by atoms with Gasteiger partial charge in [0.2, 0.25) is 0 Å². The molecule has 2 fully saturated rings. The molecule has 0 radical (unpaired) electrons. The van der Waals surface area contributed by atoms with Gasteiger partial charge in [-0.25, -0.2) is 9.78 Å². The van der Waals surface area contributed by atoms with E-state index in [1.165, 1.54) is 44.8 Å². The van der Waals surface area contributed by atoms with Crippen molar-refractivity contribution in [2.45, 2.75) is 38.1 Å². The van der Waals surface area contributed by atoms with Crippen molar-refractivity contribution in [2.75, 3.05) is 13.1 Å². The normalized spacial score (nSPS) is 20.4. The van der Waals surface area contributed by atoms with Gasteiger partial charge in [0.15, 0.2) is 0 Å². The molecule has 0 amide bonds. The molecule has 4 nitrogen and oxygen atoms in total. The molecule has 0 spiro atoms. The standard InChI is InChI=1S/C14H18N2O2S/c17-13(18)6-5-11-14(10-3-4-10)15-12(19-11)9-16-7-1-2-8-16/h5-6,10H,1-4,7-9H2,(H,17,18)/b6-5+. The van der Waals surface area contributed by atoms with Crippen molar-refractivity contribution in [3.05, 3.63) is 21.7 Å². The largest absolute Gasteiger partial charge is 0.478 e. The Morgan fingerprint density at radius 1 is 1.42 bits per heavy atom. The Bertz CT molecular complexity index is 500. The van der Waals surface area contributed by atoms with Gasteiger partial charge < -0.3 is 5.11 Å². The highest BCUT2D eigenvalue weighted by atomic mass is 32.1. The van der Waals surface area contributed by atoms with E-state index in [9.17, 15) is 4.79 Å². The quantitative estimate of drug-likeness (QED) is 0.841. The van der Waals surface area contributed by atoms with E-state index in [1.807, 2.05) is 0 Å². The van der Waals surface area contributed by atoms with Crippen LogP contribution in [0, 0.1) is 0 Å². The second-order valence-electron chi connectivity index (χ2n) is 5.29. The third-order valence-electron chi connectivity index (χ3n) is 3.62. The molecule has 1 N–H and O–H groups in total. The minimum absolute atomic E-state index is 0.567. The lowest BCUT2D eigenvalue weighted by Crippen LogP contribution is -2.18. The van der Waals surface area contributed by atoms with Gasteiger partial charge in [0.05, 0.1) is 17.1 Å². The van der Waals surface area contributed by atoms with Crippen LogP contribution in [-0.4, -0.2) is 34.0 Å². The summed E-state index contributed by atoms with van der Waals surface area (Å²) in [7, 11) is 0. The third kappa shape index (κ3) is 3.22. The van der Waals surface area contributed by atoms with Gasteiger partial charge in [-0.15, -0.1) is 11.3 Å². The van der Waals surface area contributed by atoms with Crippen molar-refractivity contribution in [1.82, 2.24) is 9.88 Å². The molecule has 102 valence electrons. The molecule has 1 aromatic heterocycles. The number of aliphatic carboxylic acids is 1. The lowest BCUT2D eigenvalue weighted by atomic mass is 10.2. The molecular weight excluding hydrogens is 260 g/mol. The molecule has 0 atom stereocenters. The molecule has 1 aliphatic heterocycles. The van der Waals surface area contributed by atoms with Crippen LogP contribution in [-0.2, 0) is 11.3 Å². The van der Waals surface area contributed by atoms with Gasteiger partial charge >= 0.3 is 5.97 Å². The number of carboxylic acids is 1. The maximum absolute atomic E-state index is 10.6. The molecule has 1 saturated carbocycles. The second-order valence-corrected chi connectivity index (χ2v) is 6.40. The average Bonchev–Trinajstić information content (AvgIpc) is 2.94. The van der Waals surface area contributed by atoms with E-state index < -0.39 is 5.97 Å². The number of carbonyl (C=O) groups is 1. The van der Waals surface area contributed by atoms with Gasteiger partial charge in [0.25, 0.3) is 0 Å². The lowest BCUT2D eigenvalue weighted by Gasteiger charge is -2.11. The first-order valence-electron chi connectivity index (χ1n) is 6.85. The van der Waals surface area contributed by atoms with Crippen LogP contribution in [0.15, 0.2) is 6.08 Å². The van der Waals surface area contributed by atoms with Crippen LogP contribution >= 0.6 is 11.3 Å². The zero-order valence-corrected chi connectivity index (χ0v) is 11.7. The fourth-order valence-corrected chi connectivity index (χ4v) is 3.60. The summed E-state index contributed by atoms with van der Waals surface area (Å²) in [6, 6.07) is 0. The number of thiazole rings is 1. The van der Waals surface area contributed by atoms with Gasteiger partial charge in [0, 0.05) is 12.0 Å². The molecule has 1 saturated heterocycles. The first kappa shape index (κ1) is 12.8. The Balaban J connectivity index is 1.77. The highest BCUT2D eigenvalue weighted by molar-refractivity contribution is 7.12. The fourth-order valence-electron chi connectivity index (χ4n) is 2.51. The summed E-state index contributed by atoms with van der Waals surface area (Å²) in [6.45, 7) is 3.25. The van der Waals surface area contributed by atoms with E-state index in [2.05, 4.69) is 4.90 Å². The number of likely N-dealkylation sites (tertiary alicyclic amines) is 1. The summed E-state index contributed by atoms with van der Waals surface area (Å²) in [4.78, 5) is 18.9. The van der Waals surface area contributed by atoms with E-state index >= 15 is 0 Å². The van der Waals surface area contributed by atoms with Gasteiger partial charge in [-0.05, 0) is 44.8 Å². The number of nitrogens with zero attached hydrogens (tertiary/aromatic N) is 2.